The Balaban J connectivity index is 2.73. The number of aldehydes is 1. The summed E-state index contributed by atoms with van der Waals surface area (Å²) in [6.45, 7) is 0. The van der Waals surface area contributed by atoms with Crippen LogP contribution in [0, 0.1) is 0 Å². The van der Waals surface area contributed by atoms with E-state index < -0.39 is 5.75 Å². The van der Waals surface area contributed by atoms with E-state index in [1.165, 1.54) is 18.2 Å². The second-order valence-electron chi connectivity index (χ2n) is 3.16. The quantitative estimate of drug-likeness (QED) is 0.334. The lowest BCUT2D eigenvalue weighted by Gasteiger charge is -2.04. The Labute approximate surface area is 87.2 Å². The van der Waals surface area contributed by atoms with Crippen LogP contribution in [0.3, 0.4) is 0 Å². The number of benzene rings is 1. The Kier molecular flexibility index (Phi) is 3.85. The zero-order chi connectivity index (χ0) is 11.3. The third-order valence-electron chi connectivity index (χ3n) is 2.04. The van der Waals surface area contributed by atoms with Crippen LogP contribution in [0.2, 0.25) is 0 Å². The van der Waals surface area contributed by atoms with E-state index in [4.69, 9.17) is 5.11 Å². The summed E-state index contributed by atoms with van der Waals surface area (Å²) in [5.41, 5.74) is 0.0981. The number of Topliss-reactive ketones (excluding diaryl/α,β-unsaturated/α-hetero) is 1. The number of hydrogen-bond acceptors (Lipinski definition) is 4. The molecule has 0 amide bonds. The van der Waals surface area contributed by atoms with Crippen molar-refractivity contribution in [3.05, 3.63) is 23.8 Å². The zero-order valence-corrected chi connectivity index (χ0v) is 8.14. The summed E-state index contributed by atoms with van der Waals surface area (Å²) < 4.78 is 0. The van der Waals surface area contributed by atoms with Crippen LogP contribution in [0.1, 0.15) is 29.6 Å². The molecule has 80 valence electrons. The van der Waals surface area contributed by atoms with E-state index in [2.05, 4.69) is 0 Å². The molecule has 0 fully saturated rings. The predicted molar refractivity (Wildman–Crippen MR) is 54.0 cm³/mol. The van der Waals surface area contributed by atoms with Crippen molar-refractivity contribution in [2.45, 2.75) is 19.3 Å². The predicted octanol–water partition coefficient (Wildman–Crippen LogP) is 1.65. The van der Waals surface area contributed by atoms with Crippen molar-refractivity contribution >= 4 is 12.1 Å². The Bertz CT molecular complexity index is 371. The molecule has 0 saturated carbocycles. The van der Waals surface area contributed by atoms with Crippen molar-refractivity contribution in [1.82, 2.24) is 0 Å². The van der Waals surface area contributed by atoms with Crippen LogP contribution in [0.25, 0.3) is 0 Å². The minimum absolute atomic E-state index is 0.0981. The van der Waals surface area contributed by atoms with E-state index in [1.54, 1.807) is 0 Å². The van der Waals surface area contributed by atoms with Crippen LogP contribution in [0.5, 0.6) is 11.5 Å². The number of phenols is 2. The number of para-hydroxylation sites is 1. The molecular weight excluding hydrogens is 196 g/mol. The molecule has 0 atom stereocenters. The Hall–Kier alpha value is -1.84. The monoisotopic (exact) mass is 208 g/mol. The van der Waals surface area contributed by atoms with E-state index >= 15 is 0 Å². The standard InChI is InChI=1S/C11H12O4/c12-7-2-1-5-9(13)8-4-3-6-10(14)11(8)15/h3-4,6-7,14-15H,1-2,5H2. The van der Waals surface area contributed by atoms with Gasteiger partial charge in [0, 0.05) is 12.8 Å². The molecule has 4 heteroatoms. The lowest BCUT2D eigenvalue weighted by molar-refractivity contribution is -0.107. The number of unbranched alkanes of at least 4 members (excludes halogenated alkanes) is 1. The topological polar surface area (TPSA) is 74.6 Å². The van der Waals surface area contributed by atoms with E-state index in [0.717, 1.165) is 6.29 Å². The number of ketones is 1. The third kappa shape index (κ3) is 2.80. The number of carbonyl (C=O) groups is 2. The highest BCUT2D eigenvalue weighted by molar-refractivity contribution is 5.99. The minimum atomic E-state index is -0.395. The highest BCUT2D eigenvalue weighted by Gasteiger charge is 2.12. The van der Waals surface area contributed by atoms with Crippen LogP contribution < -0.4 is 0 Å². The average molecular weight is 208 g/mol. The molecule has 4 nitrogen and oxygen atoms in total. The Morgan fingerprint density at radius 1 is 1.33 bits per heavy atom. The van der Waals surface area contributed by atoms with Gasteiger partial charge in [0.15, 0.2) is 17.3 Å². The van der Waals surface area contributed by atoms with Gasteiger partial charge in [-0.05, 0) is 18.6 Å². The van der Waals surface area contributed by atoms with Gasteiger partial charge in [0.05, 0.1) is 5.56 Å². The maximum absolute atomic E-state index is 11.5. The Morgan fingerprint density at radius 3 is 2.73 bits per heavy atom. The van der Waals surface area contributed by atoms with Crippen LogP contribution in [0.15, 0.2) is 18.2 Å². The fourth-order valence-corrected chi connectivity index (χ4v) is 1.24. The van der Waals surface area contributed by atoms with Crippen LogP contribution in [-0.2, 0) is 4.79 Å². The highest BCUT2D eigenvalue weighted by Crippen LogP contribution is 2.29. The molecule has 1 rings (SSSR count). The summed E-state index contributed by atoms with van der Waals surface area (Å²) in [6, 6.07) is 4.23. The molecule has 15 heavy (non-hydrogen) atoms. The molecule has 2 N–H and O–H groups in total. The molecule has 1 aromatic rings. The minimum Gasteiger partial charge on any atom is -0.504 e. The van der Waals surface area contributed by atoms with Crippen molar-refractivity contribution in [1.29, 1.82) is 0 Å². The van der Waals surface area contributed by atoms with Crippen molar-refractivity contribution < 1.29 is 19.8 Å². The summed E-state index contributed by atoms with van der Waals surface area (Å²) in [4.78, 5) is 21.5. The van der Waals surface area contributed by atoms with Crippen LogP contribution >= 0.6 is 0 Å². The van der Waals surface area contributed by atoms with Gasteiger partial charge in [-0.15, -0.1) is 0 Å². The molecule has 0 aliphatic heterocycles. The molecular formula is C11H12O4. The second-order valence-corrected chi connectivity index (χ2v) is 3.16. The van der Waals surface area contributed by atoms with E-state index in [1.807, 2.05) is 0 Å². The fraction of sp³-hybridized carbons (Fsp3) is 0.273. The third-order valence-corrected chi connectivity index (χ3v) is 2.04. The van der Waals surface area contributed by atoms with Gasteiger partial charge in [-0.3, -0.25) is 4.79 Å². The maximum Gasteiger partial charge on any atom is 0.168 e. The number of carbonyl (C=O) groups excluding carboxylic acids is 2. The summed E-state index contributed by atoms with van der Waals surface area (Å²) in [5, 5.41) is 18.5. The molecule has 0 unspecified atom stereocenters. The van der Waals surface area contributed by atoms with Gasteiger partial charge in [0.1, 0.15) is 6.29 Å². The number of phenolic OH excluding ortho intramolecular Hbond substituents is 2. The smallest absolute Gasteiger partial charge is 0.168 e. The van der Waals surface area contributed by atoms with Crippen molar-refractivity contribution in [2.24, 2.45) is 0 Å². The fourth-order valence-electron chi connectivity index (χ4n) is 1.24. The summed E-state index contributed by atoms with van der Waals surface area (Å²) in [7, 11) is 0. The van der Waals surface area contributed by atoms with E-state index in [-0.39, 0.29) is 23.5 Å². The van der Waals surface area contributed by atoms with Gasteiger partial charge in [0.2, 0.25) is 0 Å². The zero-order valence-electron chi connectivity index (χ0n) is 8.14. The number of rotatable bonds is 5. The van der Waals surface area contributed by atoms with E-state index in [9.17, 15) is 14.7 Å². The summed E-state index contributed by atoms with van der Waals surface area (Å²) in [6.07, 6.45) is 1.72. The molecule has 0 saturated heterocycles. The first kappa shape index (κ1) is 11.2. The molecule has 1 aromatic carbocycles. The average Bonchev–Trinajstić information content (AvgIpc) is 2.22. The molecule has 0 bridgehead atoms. The van der Waals surface area contributed by atoms with E-state index in [0.29, 0.717) is 12.8 Å². The van der Waals surface area contributed by atoms with Crippen LogP contribution in [-0.4, -0.2) is 22.3 Å². The molecule has 0 aliphatic rings. The molecule has 0 spiro atoms. The first-order valence-electron chi connectivity index (χ1n) is 4.64. The number of aromatic hydroxyl groups is 2. The lowest BCUT2D eigenvalue weighted by Crippen LogP contribution is -1.99. The SMILES string of the molecule is O=CCCCC(=O)c1cccc(O)c1O. The van der Waals surface area contributed by atoms with Crippen molar-refractivity contribution in [3.8, 4) is 11.5 Å². The largest absolute Gasteiger partial charge is 0.504 e. The molecule has 0 radical (unpaired) electrons. The van der Waals surface area contributed by atoms with Gasteiger partial charge in [-0.25, -0.2) is 0 Å². The normalized spacial score (nSPS) is 9.87. The number of hydrogen-bond donors (Lipinski definition) is 2. The first-order valence-corrected chi connectivity index (χ1v) is 4.64. The van der Waals surface area contributed by atoms with Gasteiger partial charge in [-0.2, -0.15) is 0 Å². The molecule has 0 aromatic heterocycles. The van der Waals surface area contributed by atoms with Gasteiger partial charge in [0.25, 0.3) is 0 Å². The maximum atomic E-state index is 11.5. The Morgan fingerprint density at radius 2 is 2.07 bits per heavy atom. The summed E-state index contributed by atoms with van der Waals surface area (Å²) in [5.74, 6) is -0.977. The molecule has 0 heterocycles. The molecule has 0 aliphatic carbocycles. The van der Waals surface area contributed by atoms with Gasteiger partial charge in [-0.1, -0.05) is 6.07 Å². The lowest BCUT2D eigenvalue weighted by atomic mass is 10.0. The van der Waals surface area contributed by atoms with Crippen molar-refractivity contribution in [3.63, 3.8) is 0 Å². The second kappa shape index (κ2) is 5.14. The van der Waals surface area contributed by atoms with Gasteiger partial charge < -0.3 is 15.0 Å². The van der Waals surface area contributed by atoms with Gasteiger partial charge >= 0.3 is 0 Å². The van der Waals surface area contributed by atoms with Crippen molar-refractivity contribution in [2.75, 3.05) is 0 Å². The first-order chi connectivity index (χ1) is 7.16. The summed E-state index contributed by atoms with van der Waals surface area (Å²) >= 11 is 0. The van der Waals surface area contributed by atoms with Crippen LogP contribution in [0.4, 0.5) is 0 Å². The highest BCUT2D eigenvalue weighted by atomic mass is 16.3.